The summed E-state index contributed by atoms with van der Waals surface area (Å²) in [4.78, 5) is 20.9. The van der Waals surface area contributed by atoms with Crippen molar-refractivity contribution < 1.29 is 9.32 Å². The summed E-state index contributed by atoms with van der Waals surface area (Å²) in [6.45, 7) is 3.57. The molecule has 2 aliphatic heterocycles. The van der Waals surface area contributed by atoms with Gasteiger partial charge in [-0.3, -0.25) is 4.79 Å². The van der Waals surface area contributed by atoms with Crippen LogP contribution in [0, 0.1) is 0 Å². The quantitative estimate of drug-likeness (QED) is 0.848. The minimum absolute atomic E-state index is 0.166. The van der Waals surface area contributed by atoms with Gasteiger partial charge < -0.3 is 14.3 Å². The molecule has 1 amide bonds. The fourth-order valence-electron chi connectivity index (χ4n) is 3.36. The highest BCUT2D eigenvalue weighted by Gasteiger charge is 2.41. The summed E-state index contributed by atoms with van der Waals surface area (Å²) < 4.78 is 5.37. The lowest BCUT2D eigenvalue weighted by Crippen LogP contribution is -2.59. The zero-order valence-electron chi connectivity index (χ0n) is 12.5. The molecule has 6 heteroatoms. The minimum atomic E-state index is -0.240. The molecule has 2 aromatic rings. The van der Waals surface area contributed by atoms with Gasteiger partial charge in [-0.2, -0.15) is 4.98 Å². The molecule has 114 valence electrons. The van der Waals surface area contributed by atoms with E-state index in [4.69, 9.17) is 4.52 Å². The van der Waals surface area contributed by atoms with Crippen molar-refractivity contribution >= 4 is 11.9 Å². The van der Waals surface area contributed by atoms with Crippen LogP contribution in [0.2, 0.25) is 0 Å². The van der Waals surface area contributed by atoms with Crippen LogP contribution in [0.4, 0.5) is 5.95 Å². The number of carbonyl (C=O) groups is 1. The average Bonchev–Trinajstić information content (AvgIpc) is 3.20. The molecule has 0 bridgehead atoms. The lowest BCUT2D eigenvalue weighted by Gasteiger charge is -2.40. The van der Waals surface area contributed by atoms with Crippen LogP contribution in [-0.2, 0) is 4.79 Å². The zero-order valence-corrected chi connectivity index (χ0v) is 12.5. The molecule has 0 unspecified atom stereocenters. The van der Waals surface area contributed by atoms with Crippen LogP contribution in [0.5, 0.6) is 0 Å². The molecule has 2 saturated heterocycles. The predicted molar refractivity (Wildman–Crippen MR) is 81.3 cm³/mol. The summed E-state index contributed by atoms with van der Waals surface area (Å²) >= 11 is 0. The SMILES string of the molecule is C[C@@H]1C(=O)N2CCC[C@H]2CN1c1noc(-c2ccccc2)n1. The lowest BCUT2D eigenvalue weighted by molar-refractivity contribution is -0.134. The largest absolute Gasteiger partial charge is 0.336 e. The molecule has 0 spiro atoms. The van der Waals surface area contributed by atoms with Gasteiger partial charge in [0.15, 0.2) is 0 Å². The Bertz CT molecular complexity index is 684. The molecular formula is C16H18N4O2. The second-order valence-electron chi connectivity index (χ2n) is 5.92. The van der Waals surface area contributed by atoms with Crippen molar-refractivity contribution in [1.82, 2.24) is 15.0 Å². The molecule has 0 saturated carbocycles. The van der Waals surface area contributed by atoms with Gasteiger partial charge in [-0.05, 0) is 37.1 Å². The Kier molecular flexibility index (Phi) is 3.10. The molecule has 2 aliphatic rings. The molecule has 1 aromatic heterocycles. The number of nitrogens with zero attached hydrogens (tertiary/aromatic N) is 4. The number of fused-ring (bicyclic) bond motifs is 1. The smallest absolute Gasteiger partial charge is 0.267 e. The Morgan fingerprint density at radius 1 is 1.23 bits per heavy atom. The van der Waals surface area contributed by atoms with E-state index in [2.05, 4.69) is 10.1 Å². The van der Waals surface area contributed by atoms with E-state index in [-0.39, 0.29) is 18.0 Å². The molecule has 2 atom stereocenters. The summed E-state index contributed by atoms with van der Waals surface area (Å²) in [6.07, 6.45) is 2.14. The van der Waals surface area contributed by atoms with Crippen LogP contribution in [0.3, 0.4) is 0 Å². The zero-order chi connectivity index (χ0) is 15.1. The molecule has 0 aliphatic carbocycles. The van der Waals surface area contributed by atoms with E-state index in [0.717, 1.165) is 31.5 Å². The summed E-state index contributed by atoms with van der Waals surface area (Å²) in [5.74, 6) is 1.16. The fourth-order valence-corrected chi connectivity index (χ4v) is 3.36. The standard InChI is InChI=1S/C16H18N4O2/c1-11-15(21)19-9-5-8-13(19)10-20(11)16-17-14(22-18-16)12-6-3-2-4-7-12/h2-4,6-7,11,13H,5,8-10H2,1H3/t11-,13+/m1/s1. The summed E-state index contributed by atoms with van der Waals surface area (Å²) in [5, 5.41) is 4.08. The van der Waals surface area contributed by atoms with E-state index in [1.54, 1.807) is 0 Å². The molecule has 3 heterocycles. The van der Waals surface area contributed by atoms with E-state index >= 15 is 0 Å². The van der Waals surface area contributed by atoms with Gasteiger partial charge in [-0.15, -0.1) is 0 Å². The third kappa shape index (κ3) is 2.06. The first-order chi connectivity index (χ1) is 10.7. The Morgan fingerprint density at radius 3 is 2.86 bits per heavy atom. The highest BCUT2D eigenvalue weighted by Crippen LogP contribution is 2.29. The fraction of sp³-hybridized carbons (Fsp3) is 0.438. The molecule has 4 rings (SSSR count). The first kappa shape index (κ1) is 13.3. The number of hydrogen-bond acceptors (Lipinski definition) is 5. The molecule has 22 heavy (non-hydrogen) atoms. The van der Waals surface area contributed by atoms with Gasteiger partial charge in [0.1, 0.15) is 6.04 Å². The predicted octanol–water partition coefficient (Wildman–Crippen LogP) is 1.94. The van der Waals surface area contributed by atoms with Crippen molar-refractivity contribution in [2.75, 3.05) is 18.0 Å². The number of anilines is 1. The number of aromatic nitrogens is 2. The maximum absolute atomic E-state index is 12.5. The average molecular weight is 298 g/mol. The van der Waals surface area contributed by atoms with Crippen molar-refractivity contribution in [2.24, 2.45) is 0 Å². The van der Waals surface area contributed by atoms with Gasteiger partial charge in [0, 0.05) is 24.7 Å². The van der Waals surface area contributed by atoms with Gasteiger partial charge in [-0.25, -0.2) is 0 Å². The van der Waals surface area contributed by atoms with Gasteiger partial charge in [0.2, 0.25) is 5.91 Å². The summed E-state index contributed by atoms with van der Waals surface area (Å²) in [7, 11) is 0. The van der Waals surface area contributed by atoms with Crippen LogP contribution in [0.25, 0.3) is 11.5 Å². The first-order valence-corrected chi connectivity index (χ1v) is 7.70. The Labute approximate surface area is 128 Å². The number of carbonyl (C=O) groups excluding carboxylic acids is 1. The molecule has 1 aromatic carbocycles. The van der Waals surface area contributed by atoms with E-state index in [9.17, 15) is 4.79 Å². The Hall–Kier alpha value is -2.37. The van der Waals surface area contributed by atoms with Crippen LogP contribution < -0.4 is 4.90 Å². The molecular weight excluding hydrogens is 280 g/mol. The second-order valence-corrected chi connectivity index (χ2v) is 5.92. The lowest BCUT2D eigenvalue weighted by atomic mass is 10.1. The number of rotatable bonds is 2. The Balaban J connectivity index is 1.62. The summed E-state index contributed by atoms with van der Waals surface area (Å²) in [6, 6.07) is 9.71. The van der Waals surface area contributed by atoms with E-state index in [0.29, 0.717) is 11.8 Å². The first-order valence-electron chi connectivity index (χ1n) is 7.70. The van der Waals surface area contributed by atoms with Crippen LogP contribution in [0.1, 0.15) is 19.8 Å². The Morgan fingerprint density at radius 2 is 2.05 bits per heavy atom. The monoisotopic (exact) mass is 298 g/mol. The number of piperazine rings is 1. The van der Waals surface area contributed by atoms with E-state index in [1.165, 1.54) is 0 Å². The van der Waals surface area contributed by atoms with Gasteiger partial charge in [0.25, 0.3) is 11.8 Å². The van der Waals surface area contributed by atoms with Crippen molar-refractivity contribution in [3.8, 4) is 11.5 Å². The maximum Gasteiger partial charge on any atom is 0.267 e. The van der Waals surface area contributed by atoms with Crippen LogP contribution in [-0.4, -0.2) is 46.1 Å². The van der Waals surface area contributed by atoms with E-state index < -0.39 is 0 Å². The van der Waals surface area contributed by atoms with Crippen molar-refractivity contribution in [1.29, 1.82) is 0 Å². The maximum atomic E-state index is 12.5. The highest BCUT2D eigenvalue weighted by atomic mass is 16.5. The minimum Gasteiger partial charge on any atom is -0.336 e. The normalized spacial score (nSPS) is 24.7. The van der Waals surface area contributed by atoms with Crippen molar-refractivity contribution in [2.45, 2.75) is 31.8 Å². The van der Waals surface area contributed by atoms with Gasteiger partial charge in [0.05, 0.1) is 0 Å². The number of hydrogen-bond donors (Lipinski definition) is 0. The topological polar surface area (TPSA) is 62.5 Å². The molecule has 0 N–H and O–H groups in total. The van der Waals surface area contributed by atoms with Crippen LogP contribution >= 0.6 is 0 Å². The van der Waals surface area contributed by atoms with E-state index in [1.807, 2.05) is 47.1 Å². The summed E-state index contributed by atoms with van der Waals surface area (Å²) in [5.41, 5.74) is 0.889. The highest BCUT2D eigenvalue weighted by molar-refractivity contribution is 5.86. The van der Waals surface area contributed by atoms with Crippen LogP contribution in [0.15, 0.2) is 34.9 Å². The second kappa shape index (κ2) is 5.12. The third-order valence-electron chi connectivity index (χ3n) is 4.59. The number of amides is 1. The molecule has 0 radical (unpaired) electrons. The van der Waals surface area contributed by atoms with Crippen molar-refractivity contribution in [3.63, 3.8) is 0 Å². The van der Waals surface area contributed by atoms with Gasteiger partial charge >= 0.3 is 0 Å². The van der Waals surface area contributed by atoms with Gasteiger partial charge in [-0.1, -0.05) is 18.2 Å². The third-order valence-corrected chi connectivity index (χ3v) is 4.59. The molecule has 6 nitrogen and oxygen atoms in total. The molecule has 2 fully saturated rings. The number of benzene rings is 1. The van der Waals surface area contributed by atoms with Crippen molar-refractivity contribution in [3.05, 3.63) is 30.3 Å².